The van der Waals surface area contributed by atoms with Crippen molar-refractivity contribution in [1.29, 1.82) is 0 Å². The second-order valence-electron chi connectivity index (χ2n) is 5.06. The van der Waals surface area contributed by atoms with E-state index in [0.717, 1.165) is 25.7 Å². The third-order valence-corrected chi connectivity index (χ3v) is 3.46. The van der Waals surface area contributed by atoms with Gasteiger partial charge in [-0.1, -0.05) is 11.8 Å². The molecule has 116 valence electrons. The smallest absolute Gasteiger partial charge is 0.288 e. The summed E-state index contributed by atoms with van der Waals surface area (Å²) in [4.78, 5) is 0. The van der Waals surface area contributed by atoms with Crippen molar-refractivity contribution in [3.63, 3.8) is 0 Å². The molecular formula is C16H22O5. The van der Waals surface area contributed by atoms with Crippen LogP contribution in [-0.4, -0.2) is 38.4 Å². The summed E-state index contributed by atoms with van der Waals surface area (Å²) in [5, 5.41) is 0. The van der Waals surface area contributed by atoms with E-state index in [1.165, 1.54) is 0 Å². The monoisotopic (exact) mass is 294 g/mol. The highest BCUT2D eigenvalue weighted by atomic mass is 17.0. The van der Waals surface area contributed by atoms with Crippen molar-refractivity contribution in [2.24, 2.45) is 0 Å². The molecule has 21 heavy (non-hydrogen) atoms. The van der Waals surface area contributed by atoms with E-state index < -0.39 is 11.9 Å². The van der Waals surface area contributed by atoms with Gasteiger partial charge in [0.05, 0.1) is 13.2 Å². The van der Waals surface area contributed by atoms with E-state index in [4.69, 9.17) is 36.5 Å². The SMILES string of the molecule is C#CCOC1(OC2(OCC#C)CCCCO2)CCCCO1. The number of rotatable bonds is 6. The Bertz CT molecular complexity index is 356. The molecule has 0 aromatic carbocycles. The van der Waals surface area contributed by atoms with Gasteiger partial charge in [-0.05, 0) is 25.7 Å². The van der Waals surface area contributed by atoms with Crippen LogP contribution >= 0.6 is 0 Å². The molecule has 5 heteroatoms. The fourth-order valence-corrected chi connectivity index (χ4v) is 2.47. The number of ether oxygens (including phenoxy) is 5. The predicted octanol–water partition coefficient (Wildman–Crippen LogP) is 2.01. The number of hydrogen-bond donors (Lipinski definition) is 0. The molecule has 2 fully saturated rings. The molecule has 2 saturated heterocycles. The maximum Gasteiger partial charge on any atom is 0.288 e. The van der Waals surface area contributed by atoms with Crippen molar-refractivity contribution in [2.75, 3.05) is 26.4 Å². The van der Waals surface area contributed by atoms with Crippen molar-refractivity contribution in [3.8, 4) is 24.7 Å². The van der Waals surface area contributed by atoms with Crippen molar-refractivity contribution in [2.45, 2.75) is 50.5 Å². The van der Waals surface area contributed by atoms with Gasteiger partial charge in [0, 0.05) is 12.8 Å². The zero-order valence-corrected chi connectivity index (χ0v) is 12.3. The Morgan fingerprint density at radius 1 is 0.810 bits per heavy atom. The molecule has 0 aromatic heterocycles. The third kappa shape index (κ3) is 4.44. The molecule has 0 saturated carbocycles. The van der Waals surface area contributed by atoms with E-state index in [1.807, 2.05) is 0 Å². The van der Waals surface area contributed by atoms with Gasteiger partial charge in [-0.3, -0.25) is 4.74 Å². The van der Waals surface area contributed by atoms with Crippen LogP contribution in [0.1, 0.15) is 38.5 Å². The van der Waals surface area contributed by atoms with Crippen molar-refractivity contribution < 1.29 is 23.7 Å². The first-order valence-electron chi connectivity index (χ1n) is 7.37. The second-order valence-corrected chi connectivity index (χ2v) is 5.06. The van der Waals surface area contributed by atoms with Crippen LogP contribution in [0.3, 0.4) is 0 Å². The average Bonchev–Trinajstić information content (AvgIpc) is 2.53. The van der Waals surface area contributed by atoms with Gasteiger partial charge in [0.2, 0.25) is 0 Å². The quantitative estimate of drug-likeness (QED) is 0.554. The summed E-state index contributed by atoms with van der Waals surface area (Å²) >= 11 is 0. The van der Waals surface area contributed by atoms with Gasteiger partial charge in [-0.25, -0.2) is 0 Å². The van der Waals surface area contributed by atoms with E-state index in [2.05, 4.69) is 11.8 Å². The normalized spacial score (nSPS) is 33.0. The summed E-state index contributed by atoms with van der Waals surface area (Å²) in [6.07, 6.45) is 15.5. The van der Waals surface area contributed by atoms with Gasteiger partial charge in [-0.15, -0.1) is 12.8 Å². The Labute approximate surface area is 126 Å². The van der Waals surface area contributed by atoms with Crippen LogP contribution in [0.4, 0.5) is 0 Å². The average molecular weight is 294 g/mol. The lowest BCUT2D eigenvalue weighted by atomic mass is 10.1. The highest BCUT2D eigenvalue weighted by Gasteiger charge is 2.47. The molecule has 0 amide bonds. The second kappa shape index (κ2) is 7.79. The highest BCUT2D eigenvalue weighted by molar-refractivity contribution is 4.86. The summed E-state index contributed by atoms with van der Waals surface area (Å²) < 4.78 is 28.7. The topological polar surface area (TPSA) is 46.2 Å². The Morgan fingerprint density at radius 3 is 1.62 bits per heavy atom. The molecule has 0 bridgehead atoms. The minimum atomic E-state index is -1.21. The summed E-state index contributed by atoms with van der Waals surface area (Å²) in [7, 11) is 0. The first kappa shape index (κ1) is 16.3. The molecule has 2 unspecified atom stereocenters. The molecule has 2 rings (SSSR count). The molecule has 0 radical (unpaired) electrons. The molecule has 2 atom stereocenters. The van der Waals surface area contributed by atoms with Gasteiger partial charge in [-0.2, -0.15) is 0 Å². The zero-order valence-electron chi connectivity index (χ0n) is 12.3. The molecule has 2 aliphatic heterocycles. The van der Waals surface area contributed by atoms with E-state index in [-0.39, 0.29) is 13.2 Å². The highest BCUT2D eigenvalue weighted by Crippen LogP contribution is 2.37. The van der Waals surface area contributed by atoms with Crippen LogP contribution in [0.5, 0.6) is 0 Å². The summed E-state index contributed by atoms with van der Waals surface area (Å²) in [5.74, 6) is 2.45. The number of hydrogen-bond acceptors (Lipinski definition) is 5. The molecule has 0 aliphatic carbocycles. The van der Waals surface area contributed by atoms with Gasteiger partial charge in [0.1, 0.15) is 13.2 Å². The Balaban J connectivity index is 2.10. The lowest BCUT2D eigenvalue weighted by Gasteiger charge is -2.44. The molecule has 2 aliphatic rings. The molecule has 5 nitrogen and oxygen atoms in total. The molecule has 0 aromatic rings. The maximum absolute atomic E-state index is 6.03. The van der Waals surface area contributed by atoms with Gasteiger partial charge < -0.3 is 18.9 Å². The van der Waals surface area contributed by atoms with Gasteiger partial charge in [0.25, 0.3) is 11.9 Å². The Morgan fingerprint density at radius 2 is 1.29 bits per heavy atom. The first-order valence-corrected chi connectivity index (χ1v) is 7.37. The van der Waals surface area contributed by atoms with E-state index >= 15 is 0 Å². The van der Waals surface area contributed by atoms with Crippen LogP contribution in [0.2, 0.25) is 0 Å². The van der Waals surface area contributed by atoms with Crippen LogP contribution in [0.25, 0.3) is 0 Å². The predicted molar refractivity (Wildman–Crippen MR) is 75.7 cm³/mol. The van der Waals surface area contributed by atoms with Crippen molar-refractivity contribution >= 4 is 0 Å². The summed E-state index contributed by atoms with van der Waals surface area (Å²) in [5.41, 5.74) is 0. The van der Waals surface area contributed by atoms with Crippen molar-refractivity contribution in [3.05, 3.63) is 0 Å². The third-order valence-electron chi connectivity index (χ3n) is 3.46. The summed E-state index contributed by atoms with van der Waals surface area (Å²) in [6.45, 7) is 1.31. The van der Waals surface area contributed by atoms with Crippen LogP contribution in [0.15, 0.2) is 0 Å². The molecule has 2 heterocycles. The lowest BCUT2D eigenvalue weighted by molar-refractivity contribution is -0.511. The van der Waals surface area contributed by atoms with E-state index in [9.17, 15) is 0 Å². The van der Waals surface area contributed by atoms with Crippen LogP contribution in [0, 0.1) is 24.7 Å². The summed E-state index contributed by atoms with van der Waals surface area (Å²) in [6, 6.07) is 0. The van der Waals surface area contributed by atoms with Crippen LogP contribution < -0.4 is 0 Å². The minimum Gasteiger partial charge on any atom is -0.327 e. The Kier molecular flexibility index (Phi) is 6.05. The minimum absolute atomic E-state index is 0.102. The zero-order chi connectivity index (χ0) is 15.0. The van der Waals surface area contributed by atoms with Crippen LogP contribution in [-0.2, 0) is 23.7 Å². The number of terminal acetylenes is 2. The Hall–Kier alpha value is -1.08. The first-order chi connectivity index (χ1) is 10.2. The molecule has 0 spiro atoms. The lowest BCUT2D eigenvalue weighted by Crippen LogP contribution is -2.53. The maximum atomic E-state index is 6.03. The largest absolute Gasteiger partial charge is 0.327 e. The van der Waals surface area contributed by atoms with E-state index in [1.54, 1.807) is 0 Å². The molecular weight excluding hydrogens is 272 g/mol. The fourth-order valence-electron chi connectivity index (χ4n) is 2.47. The van der Waals surface area contributed by atoms with Crippen molar-refractivity contribution in [1.82, 2.24) is 0 Å². The van der Waals surface area contributed by atoms with E-state index in [0.29, 0.717) is 26.1 Å². The molecule has 0 N–H and O–H groups in total. The standard InChI is InChI=1S/C16H22O5/c1-3-11-17-15(9-5-7-13-19-15)21-16(18-12-4-2)10-6-8-14-20-16/h1-2H,5-14H2. The van der Waals surface area contributed by atoms with Gasteiger partial charge in [0.15, 0.2) is 0 Å². The fraction of sp³-hybridized carbons (Fsp3) is 0.750. The van der Waals surface area contributed by atoms with Gasteiger partial charge >= 0.3 is 0 Å².